The molecule has 0 saturated carbocycles. The van der Waals surface area contributed by atoms with E-state index in [0.29, 0.717) is 12.0 Å². The molecule has 0 aromatic carbocycles. The lowest BCUT2D eigenvalue weighted by atomic mass is 10.0. The molecule has 1 atom stereocenters. The highest BCUT2D eigenvalue weighted by molar-refractivity contribution is 14.0. The quantitative estimate of drug-likeness (QED) is 0.397. The van der Waals surface area contributed by atoms with Crippen LogP contribution in [0.3, 0.4) is 0 Å². The first kappa shape index (κ1) is 20.6. The van der Waals surface area contributed by atoms with E-state index in [2.05, 4.69) is 46.3 Å². The van der Waals surface area contributed by atoms with Gasteiger partial charge >= 0.3 is 0 Å². The van der Waals surface area contributed by atoms with Crippen molar-refractivity contribution < 1.29 is 0 Å². The Hall–Kier alpha value is -0.410. The summed E-state index contributed by atoms with van der Waals surface area (Å²) in [6.07, 6.45) is 4.58. The number of nitrogens with zero attached hydrogens (tertiary/aromatic N) is 3. The van der Waals surface area contributed by atoms with Crippen LogP contribution in [0, 0.1) is 12.8 Å². The lowest BCUT2D eigenvalue weighted by Crippen LogP contribution is -2.48. The van der Waals surface area contributed by atoms with Crippen molar-refractivity contribution in [1.29, 1.82) is 0 Å². The van der Waals surface area contributed by atoms with Crippen LogP contribution < -0.4 is 10.6 Å². The van der Waals surface area contributed by atoms with Crippen LogP contribution >= 0.6 is 35.3 Å². The van der Waals surface area contributed by atoms with Gasteiger partial charge in [-0.05, 0) is 38.8 Å². The van der Waals surface area contributed by atoms with Crippen molar-refractivity contribution in [3.05, 3.63) is 16.1 Å². The van der Waals surface area contributed by atoms with Gasteiger partial charge in [-0.2, -0.15) is 0 Å². The Morgan fingerprint density at radius 1 is 1.35 bits per heavy atom. The van der Waals surface area contributed by atoms with Crippen molar-refractivity contribution >= 4 is 41.3 Å². The van der Waals surface area contributed by atoms with Crippen molar-refractivity contribution in [3.8, 4) is 0 Å². The SMILES string of the molecule is CN=C(NCc1ncc(C)s1)NCC(C(C)C)N1CCCC1.I. The van der Waals surface area contributed by atoms with Gasteiger partial charge in [-0.1, -0.05) is 13.8 Å². The molecule has 7 heteroatoms. The summed E-state index contributed by atoms with van der Waals surface area (Å²) in [5.41, 5.74) is 0. The number of aromatic nitrogens is 1. The monoisotopic (exact) mass is 451 g/mol. The number of guanidine groups is 1. The standard InChI is InChI=1S/C16H29N5S.HI/c1-12(2)14(21-7-5-6-8-21)10-19-16(17-4)20-11-15-18-9-13(3)22-15;/h9,12,14H,5-8,10-11H2,1-4H3,(H2,17,19,20);1H. The maximum atomic E-state index is 4.37. The average Bonchev–Trinajstić information content (AvgIpc) is 3.14. The van der Waals surface area contributed by atoms with E-state index in [0.717, 1.165) is 24.1 Å². The van der Waals surface area contributed by atoms with Gasteiger partial charge in [-0.3, -0.25) is 9.89 Å². The molecule has 1 aliphatic heterocycles. The molecule has 23 heavy (non-hydrogen) atoms. The van der Waals surface area contributed by atoms with E-state index in [9.17, 15) is 0 Å². The highest BCUT2D eigenvalue weighted by Gasteiger charge is 2.24. The molecule has 5 nitrogen and oxygen atoms in total. The van der Waals surface area contributed by atoms with Crippen LogP contribution in [-0.2, 0) is 6.54 Å². The second-order valence-corrected chi connectivity index (χ2v) is 7.55. The number of hydrogen-bond donors (Lipinski definition) is 2. The van der Waals surface area contributed by atoms with E-state index in [1.54, 1.807) is 11.3 Å². The van der Waals surface area contributed by atoms with Crippen molar-refractivity contribution in [2.45, 2.75) is 46.2 Å². The minimum absolute atomic E-state index is 0. The van der Waals surface area contributed by atoms with E-state index < -0.39 is 0 Å². The lowest BCUT2D eigenvalue weighted by molar-refractivity contribution is 0.192. The maximum absolute atomic E-state index is 4.37. The predicted octanol–water partition coefficient (Wildman–Crippen LogP) is 2.85. The summed E-state index contributed by atoms with van der Waals surface area (Å²) in [5.74, 6) is 1.50. The first-order chi connectivity index (χ1) is 10.6. The molecule has 0 aliphatic carbocycles. The second-order valence-electron chi connectivity index (χ2n) is 6.23. The molecular weight excluding hydrogens is 421 g/mol. The third-order valence-corrected chi connectivity index (χ3v) is 5.07. The van der Waals surface area contributed by atoms with E-state index in [1.807, 2.05) is 13.2 Å². The lowest BCUT2D eigenvalue weighted by Gasteiger charge is -2.31. The fourth-order valence-corrected chi connectivity index (χ4v) is 3.65. The van der Waals surface area contributed by atoms with Gasteiger partial charge in [0.15, 0.2) is 5.96 Å². The fourth-order valence-electron chi connectivity index (χ4n) is 2.92. The van der Waals surface area contributed by atoms with E-state index in [-0.39, 0.29) is 24.0 Å². The summed E-state index contributed by atoms with van der Waals surface area (Å²) >= 11 is 1.73. The number of thiazole rings is 1. The van der Waals surface area contributed by atoms with Crippen LogP contribution in [-0.4, -0.2) is 48.6 Å². The smallest absolute Gasteiger partial charge is 0.191 e. The molecule has 0 spiro atoms. The Morgan fingerprint density at radius 3 is 2.57 bits per heavy atom. The van der Waals surface area contributed by atoms with Gasteiger partial charge in [0.1, 0.15) is 5.01 Å². The topological polar surface area (TPSA) is 52.6 Å². The van der Waals surface area contributed by atoms with E-state index in [4.69, 9.17) is 0 Å². The first-order valence-electron chi connectivity index (χ1n) is 8.20. The molecule has 1 unspecified atom stereocenters. The molecule has 0 radical (unpaired) electrons. The maximum Gasteiger partial charge on any atom is 0.191 e. The number of halogens is 1. The highest BCUT2D eigenvalue weighted by atomic mass is 127. The van der Waals surface area contributed by atoms with Crippen LogP contribution in [0.4, 0.5) is 0 Å². The van der Waals surface area contributed by atoms with Crippen molar-refractivity contribution in [3.63, 3.8) is 0 Å². The first-order valence-corrected chi connectivity index (χ1v) is 9.01. The molecule has 1 aromatic rings. The van der Waals surface area contributed by atoms with Crippen molar-refractivity contribution in [2.75, 3.05) is 26.7 Å². The van der Waals surface area contributed by atoms with Crippen molar-refractivity contribution in [1.82, 2.24) is 20.5 Å². The summed E-state index contributed by atoms with van der Waals surface area (Å²) in [4.78, 5) is 12.5. The third-order valence-electron chi connectivity index (χ3n) is 4.16. The van der Waals surface area contributed by atoms with E-state index >= 15 is 0 Å². The Morgan fingerprint density at radius 2 is 2.04 bits per heavy atom. The van der Waals surface area contributed by atoms with Crippen LogP contribution in [0.25, 0.3) is 0 Å². The van der Waals surface area contributed by atoms with Gasteiger partial charge < -0.3 is 10.6 Å². The molecule has 1 aromatic heterocycles. The highest BCUT2D eigenvalue weighted by Crippen LogP contribution is 2.17. The summed E-state index contributed by atoms with van der Waals surface area (Å²) in [6.45, 7) is 10.8. The summed E-state index contributed by atoms with van der Waals surface area (Å²) in [7, 11) is 1.82. The molecule has 1 aliphatic rings. The fraction of sp³-hybridized carbons (Fsp3) is 0.750. The number of nitrogens with one attached hydrogen (secondary N) is 2. The zero-order chi connectivity index (χ0) is 15.9. The van der Waals surface area contributed by atoms with Gasteiger partial charge in [-0.15, -0.1) is 35.3 Å². The van der Waals surface area contributed by atoms with Crippen LogP contribution in [0.15, 0.2) is 11.2 Å². The second kappa shape index (κ2) is 10.5. The molecule has 1 fully saturated rings. The molecular formula is C16H30IN5S. The van der Waals surface area contributed by atoms with Crippen LogP contribution in [0.1, 0.15) is 36.6 Å². The Kier molecular flexibility index (Phi) is 9.38. The third kappa shape index (κ3) is 6.54. The molecule has 0 bridgehead atoms. The number of aryl methyl sites for hydroxylation is 1. The summed E-state index contributed by atoms with van der Waals surface area (Å²) in [5, 5.41) is 7.93. The molecule has 2 N–H and O–H groups in total. The Labute approximate surface area is 161 Å². The van der Waals surface area contributed by atoms with E-state index in [1.165, 1.54) is 30.8 Å². The molecule has 2 rings (SSSR count). The average molecular weight is 451 g/mol. The largest absolute Gasteiger partial charge is 0.355 e. The van der Waals surface area contributed by atoms with Crippen LogP contribution in [0.5, 0.6) is 0 Å². The van der Waals surface area contributed by atoms with Gasteiger partial charge in [0, 0.05) is 30.7 Å². The number of aliphatic imine (C=N–C) groups is 1. The predicted molar refractivity (Wildman–Crippen MR) is 110 cm³/mol. The minimum atomic E-state index is 0. The zero-order valence-corrected chi connectivity index (χ0v) is 17.8. The summed E-state index contributed by atoms with van der Waals surface area (Å²) in [6, 6.07) is 0.572. The van der Waals surface area contributed by atoms with Gasteiger partial charge in [0.05, 0.1) is 6.54 Å². The van der Waals surface area contributed by atoms with Crippen LogP contribution in [0.2, 0.25) is 0 Å². The Balaban J connectivity index is 0.00000264. The summed E-state index contributed by atoms with van der Waals surface area (Å²) < 4.78 is 0. The molecule has 132 valence electrons. The van der Waals surface area contributed by atoms with Gasteiger partial charge in [0.2, 0.25) is 0 Å². The normalized spacial score (nSPS) is 17.2. The number of likely N-dealkylation sites (tertiary alicyclic amines) is 1. The number of rotatable bonds is 6. The minimum Gasteiger partial charge on any atom is -0.355 e. The van der Waals surface area contributed by atoms with Gasteiger partial charge in [-0.25, -0.2) is 4.98 Å². The Bertz CT molecular complexity index is 483. The molecule has 1 saturated heterocycles. The molecule has 0 amide bonds. The zero-order valence-electron chi connectivity index (χ0n) is 14.6. The van der Waals surface area contributed by atoms with Gasteiger partial charge in [0.25, 0.3) is 0 Å². The molecule has 2 heterocycles. The van der Waals surface area contributed by atoms with Crippen molar-refractivity contribution in [2.24, 2.45) is 10.9 Å². The number of hydrogen-bond acceptors (Lipinski definition) is 4.